The van der Waals surface area contributed by atoms with Gasteiger partial charge in [0.25, 0.3) is 5.56 Å². The van der Waals surface area contributed by atoms with Crippen molar-refractivity contribution < 1.29 is 23.0 Å². The Hall–Kier alpha value is -4.64. The first-order valence-electron chi connectivity index (χ1n) is 12.8. The molecule has 42 heavy (non-hydrogen) atoms. The van der Waals surface area contributed by atoms with E-state index in [-0.39, 0.29) is 21.7 Å². The number of anilines is 1. The molecule has 0 unspecified atom stereocenters. The second-order valence-electron chi connectivity index (χ2n) is 10.3. The Morgan fingerprint density at radius 2 is 1.69 bits per heavy atom. The first-order valence-corrected chi connectivity index (χ1v) is 13.6. The van der Waals surface area contributed by atoms with Crippen LogP contribution in [0.1, 0.15) is 26.3 Å². The third kappa shape index (κ3) is 5.73. The van der Waals surface area contributed by atoms with Gasteiger partial charge in [0.15, 0.2) is 11.6 Å². The highest BCUT2D eigenvalue weighted by atomic mass is 79.9. The Morgan fingerprint density at radius 3 is 2.33 bits per heavy atom. The summed E-state index contributed by atoms with van der Waals surface area (Å²) in [5.74, 6) is -2.06. The van der Waals surface area contributed by atoms with E-state index in [9.17, 15) is 23.6 Å². The van der Waals surface area contributed by atoms with Gasteiger partial charge in [0.1, 0.15) is 35.1 Å². The number of piperazine rings is 1. The van der Waals surface area contributed by atoms with Crippen LogP contribution in [0.4, 0.5) is 19.5 Å². The Kier molecular flexibility index (Phi) is 7.79. The molecule has 0 bridgehead atoms. The molecule has 1 amide bonds. The normalized spacial score (nSPS) is 13.6. The number of hydrogen-bond donors (Lipinski definition) is 0. The number of fused-ring (bicyclic) bond motifs is 1. The summed E-state index contributed by atoms with van der Waals surface area (Å²) in [7, 11) is 0. The van der Waals surface area contributed by atoms with Crippen LogP contribution in [0.3, 0.4) is 0 Å². The van der Waals surface area contributed by atoms with Crippen molar-refractivity contribution in [2.24, 2.45) is 0 Å². The number of benzene rings is 2. The Bertz CT molecular complexity index is 1780. The van der Waals surface area contributed by atoms with Gasteiger partial charge < -0.3 is 19.3 Å². The van der Waals surface area contributed by atoms with Crippen molar-refractivity contribution in [3.63, 3.8) is 0 Å². The van der Waals surface area contributed by atoms with E-state index in [2.05, 4.69) is 30.9 Å². The van der Waals surface area contributed by atoms with Crippen molar-refractivity contribution >= 4 is 38.9 Å². The molecule has 5 rings (SSSR count). The van der Waals surface area contributed by atoms with Gasteiger partial charge in [0, 0.05) is 26.2 Å². The summed E-state index contributed by atoms with van der Waals surface area (Å²) in [6.45, 7) is 7.35. The second kappa shape index (κ2) is 11.3. The molecular weight excluding hydrogens is 616 g/mol. The van der Waals surface area contributed by atoms with Gasteiger partial charge in [-0.1, -0.05) is 0 Å². The summed E-state index contributed by atoms with van der Waals surface area (Å²) in [4.78, 5) is 42.6. The lowest BCUT2D eigenvalue weighted by atomic mass is 10.2. The quantitative estimate of drug-likeness (QED) is 0.305. The lowest BCUT2D eigenvalue weighted by Crippen LogP contribution is -2.50. The van der Waals surface area contributed by atoms with E-state index in [4.69, 9.17) is 9.47 Å². The minimum Gasteiger partial charge on any atom is -0.452 e. The number of ether oxygens (including phenoxy) is 2. The molecule has 0 aliphatic carbocycles. The largest absolute Gasteiger partial charge is 0.452 e. The number of halogens is 3. The molecule has 1 saturated heterocycles. The maximum atomic E-state index is 14.4. The lowest BCUT2D eigenvalue weighted by Gasteiger charge is -2.35. The predicted molar refractivity (Wildman–Crippen MR) is 152 cm³/mol. The van der Waals surface area contributed by atoms with Crippen LogP contribution in [0.5, 0.6) is 11.5 Å². The molecule has 0 radical (unpaired) electrons. The van der Waals surface area contributed by atoms with Gasteiger partial charge >= 0.3 is 6.09 Å². The minimum absolute atomic E-state index is 0.0164. The SMILES string of the molecule is CC(C)(C)OC(=O)N1CCN(c2ncc(-n3cnc4ccc(Oc5c(F)ccc(F)c5C#N)c(Br)c4c3=O)cn2)CC1. The van der Waals surface area contributed by atoms with E-state index in [0.717, 1.165) is 12.1 Å². The molecule has 0 spiro atoms. The van der Waals surface area contributed by atoms with E-state index in [0.29, 0.717) is 43.3 Å². The summed E-state index contributed by atoms with van der Waals surface area (Å²) >= 11 is 3.33. The molecule has 1 fully saturated rings. The van der Waals surface area contributed by atoms with Gasteiger partial charge in [-0.2, -0.15) is 5.26 Å². The van der Waals surface area contributed by atoms with Crippen LogP contribution in [0.15, 0.2) is 52.3 Å². The van der Waals surface area contributed by atoms with Crippen LogP contribution in [0, 0.1) is 23.0 Å². The first kappa shape index (κ1) is 28.9. The van der Waals surface area contributed by atoms with E-state index in [1.807, 2.05) is 25.7 Å². The van der Waals surface area contributed by atoms with Crippen LogP contribution >= 0.6 is 15.9 Å². The number of hydrogen-bond acceptors (Lipinski definition) is 9. The molecule has 1 aliphatic heterocycles. The third-order valence-corrected chi connectivity index (χ3v) is 7.12. The molecule has 2 aromatic heterocycles. The van der Waals surface area contributed by atoms with E-state index >= 15 is 0 Å². The van der Waals surface area contributed by atoms with Gasteiger partial charge in [-0.15, -0.1) is 0 Å². The fourth-order valence-corrected chi connectivity index (χ4v) is 4.86. The van der Waals surface area contributed by atoms with Crippen molar-refractivity contribution in [1.82, 2.24) is 24.4 Å². The van der Waals surface area contributed by atoms with Crippen molar-refractivity contribution in [2.45, 2.75) is 26.4 Å². The maximum absolute atomic E-state index is 14.4. The zero-order valence-electron chi connectivity index (χ0n) is 22.8. The lowest BCUT2D eigenvalue weighted by molar-refractivity contribution is 0.0240. The molecule has 1 aliphatic rings. The molecule has 14 heteroatoms. The monoisotopic (exact) mass is 639 g/mol. The summed E-state index contributed by atoms with van der Waals surface area (Å²) in [6, 6.07) is 6.18. The number of nitrogens with zero attached hydrogens (tertiary/aromatic N) is 7. The van der Waals surface area contributed by atoms with Gasteiger partial charge in [-0.05, 0) is 61.0 Å². The predicted octanol–water partition coefficient (Wildman–Crippen LogP) is 4.94. The minimum atomic E-state index is -0.941. The third-order valence-electron chi connectivity index (χ3n) is 6.33. The van der Waals surface area contributed by atoms with Crippen LogP contribution in [0.2, 0.25) is 0 Å². The summed E-state index contributed by atoms with van der Waals surface area (Å²) in [6.07, 6.45) is 3.92. The summed E-state index contributed by atoms with van der Waals surface area (Å²) in [5.41, 5.74) is -1.02. The van der Waals surface area contributed by atoms with Gasteiger partial charge in [0.05, 0.1) is 33.5 Å². The van der Waals surface area contributed by atoms with Crippen molar-refractivity contribution in [3.8, 4) is 23.3 Å². The van der Waals surface area contributed by atoms with Crippen molar-refractivity contribution in [2.75, 3.05) is 31.1 Å². The first-order chi connectivity index (χ1) is 20.0. The van der Waals surface area contributed by atoms with E-state index in [1.165, 1.54) is 35.4 Å². The fraction of sp³-hybridized carbons (Fsp3) is 0.286. The molecule has 0 saturated carbocycles. The van der Waals surface area contributed by atoms with Gasteiger partial charge in [0.2, 0.25) is 5.95 Å². The molecule has 0 N–H and O–H groups in total. The Labute approximate surface area is 247 Å². The highest BCUT2D eigenvalue weighted by Gasteiger charge is 2.27. The number of aromatic nitrogens is 4. The highest BCUT2D eigenvalue weighted by molar-refractivity contribution is 9.10. The Balaban J connectivity index is 1.38. The summed E-state index contributed by atoms with van der Waals surface area (Å²) < 4.78 is 40.8. The van der Waals surface area contributed by atoms with Crippen LogP contribution in [-0.2, 0) is 4.74 Å². The number of carbonyl (C=O) groups excluding carboxylic acids is 1. The molecule has 3 heterocycles. The van der Waals surface area contributed by atoms with E-state index < -0.39 is 34.1 Å². The maximum Gasteiger partial charge on any atom is 0.410 e. The molecule has 216 valence electrons. The highest BCUT2D eigenvalue weighted by Crippen LogP contribution is 2.37. The summed E-state index contributed by atoms with van der Waals surface area (Å²) in [5, 5.41) is 9.38. The van der Waals surface area contributed by atoms with Gasteiger partial charge in [-0.3, -0.25) is 9.36 Å². The van der Waals surface area contributed by atoms with Crippen molar-refractivity contribution in [3.05, 3.63) is 75.0 Å². The van der Waals surface area contributed by atoms with Crippen LogP contribution < -0.4 is 15.2 Å². The van der Waals surface area contributed by atoms with E-state index in [1.54, 1.807) is 11.0 Å². The number of carbonyl (C=O) groups is 1. The zero-order valence-corrected chi connectivity index (χ0v) is 24.4. The number of rotatable bonds is 4. The van der Waals surface area contributed by atoms with Crippen molar-refractivity contribution in [1.29, 1.82) is 5.26 Å². The van der Waals surface area contributed by atoms with Crippen LogP contribution in [-0.4, -0.2) is 62.3 Å². The second-order valence-corrected chi connectivity index (χ2v) is 11.1. The fourth-order valence-electron chi connectivity index (χ4n) is 4.28. The average molecular weight is 640 g/mol. The van der Waals surface area contributed by atoms with Gasteiger partial charge in [-0.25, -0.2) is 28.5 Å². The number of nitriles is 1. The average Bonchev–Trinajstić information content (AvgIpc) is 2.96. The standard InChI is InChI=1S/C28H24BrF2N7O4/c1-28(2,3)42-27(40)37-10-8-36(9-11-37)26-33-13-16(14-34-26)38-15-35-20-6-7-21(23(29)22(20)25(38)39)41-24-17(12-32)18(30)4-5-19(24)31/h4-7,13-15H,8-11H2,1-3H3. The molecule has 11 nitrogen and oxygen atoms in total. The molecular formula is C28H24BrF2N7O4. The Morgan fingerprint density at radius 1 is 1.02 bits per heavy atom. The molecule has 0 atom stereocenters. The zero-order chi connectivity index (χ0) is 30.2. The van der Waals surface area contributed by atoms with Crippen LogP contribution in [0.25, 0.3) is 16.6 Å². The smallest absolute Gasteiger partial charge is 0.410 e. The molecule has 4 aromatic rings. The topological polar surface area (TPSA) is 126 Å². The number of amides is 1. The molecule has 2 aromatic carbocycles.